The molecule has 0 atom stereocenters. The molecule has 0 unspecified atom stereocenters. The maximum atomic E-state index is 11.3. The standard InChI is InChI=1S/C17H14N2O/c1-13-7-5-6-10-16(13)17-14(12-20)11-19(18-17)15-8-3-2-4-9-15/h2-12H,1H3. The zero-order chi connectivity index (χ0) is 13.9. The molecule has 0 bridgehead atoms. The molecular weight excluding hydrogens is 248 g/mol. The van der Waals surface area contributed by atoms with E-state index < -0.39 is 0 Å². The second kappa shape index (κ2) is 5.13. The summed E-state index contributed by atoms with van der Waals surface area (Å²) >= 11 is 0. The molecule has 0 aliphatic rings. The fourth-order valence-electron chi connectivity index (χ4n) is 2.23. The van der Waals surface area contributed by atoms with E-state index in [2.05, 4.69) is 5.10 Å². The quantitative estimate of drug-likeness (QED) is 0.675. The Bertz CT molecular complexity index is 745. The molecule has 20 heavy (non-hydrogen) atoms. The number of aromatic nitrogens is 2. The Kier molecular flexibility index (Phi) is 3.17. The van der Waals surface area contributed by atoms with Gasteiger partial charge in [-0.2, -0.15) is 5.10 Å². The summed E-state index contributed by atoms with van der Waals surface area (Å²) in [5.74, 6) is 0. The van der Waals surface area contributed by atoms with Crippen LogP contribution < -0.4 is 0 Å². The molecule has 0 N–H and O–H groups in total. The Morgan fingerprint density at radius 2 is 1.70 bits per heavy atom. The molecule has 98 valence electrons. The first-order valence-electron chi connectivity index (χ1n) is 6.46. The Labute approximate surface area is 117 Å². The van der Waals surface area contributed by atoms with E-state index in [1.807, 2.05) is 61.5 Å². The predicted octanol–water partition coefficient (Wildman–Crippen LogP) is 3.66. The zero-order valence-electron chi connectivity index (χ0n) is 11.2. The van der Waals surface area contributed by atoms with Crippen LogP contribution in [-0.2, 0) is 0 Å². The highest BCUT2D eigenvalue weighted by Gasteiger charge is 2.12. The molecule has 3 aromatic rings. The lowest BCUT2D eigenvalue weighted by atomic mass is 10.0. The maximum Gasteiger partial charge on any atom is 0.153 e. The number of nitrogens with zero attached hydrogens (tertiary/aromatic N) is 2. The summed E-state index contributed by atoms with van der Waals surface area (Å²) in [5.41, 5.74) is 4.36. The van der Waals surface area contributed by atoms with Gasteiger partial charge in [0.2, 0.25) is 0 Å². The number of carbonyl (C=O) groups excluding carboxylic acids is 1. The maximum absolute atomic E-state index is 11.3. The van der Waals surface area contributed by atoms with Crippen molar-refractivity contribution in [2.24, 2.45) is 0 Å². The molecule has 0 saturated heterocycles. The number of hydrogen-bond donors (Lipinski definition) is 0. The highest BCUT2D eigenvalue weighted by Crippen LogP contribution is 2.25. The van der Waals surface area contributed by atoms with Crippen LogP contribution in [0.1, 0.15) is 15.9 Å². The van der Waals surface area contributed by atoms with Crippen molar-refractivity contribution in [3.8, 4) is 16.9 Å². The molecule has 3 heteroatoms. The molecule has 1 aromatic heterocycles. The van der Waals surface area contributed by atoms with Crippen LogP contribution in [0.2, 0.25) is 0 Å². The minimum atomic E-state index is 0.600. The molecule has 3 nitrogen and oxygen atoms in total. The number of para-hydroxylation sites is 1. The van der Waals surface area contributed by atoms with E-state index in [4.69, 9.17) is 0 Å². The van der Waals surface area contributed by atoms with Gasteiger partial charge in [0.1, 0.15) is 5.69 Å². The average molecular weight is 262 g/mol. The Morgan fingerprint density at radius 3 is 2.40 bits per heavy atom. The number of benzene rings is 2. The van der Waals surface area contributed by atoms with Gasteiger partial charge in [0, 0.05) is 11.8 Å². The van der Waals surface area contributed by atoms with E-state index in [1.54, 1.807) is 10.9 Å². The molecule has 0 radical (unpaired) electrons. The van der Waals surface area contributed by atoms with Gasteiger partial charge >= 0.3 is 0 Å². The van der Waals surface area contributed by atoms with Crippen LogP contribution in [0.5, 0.6) is 0 Å². The first-order chi connectivity index (χ1) is 9.79. The number of aldehydes is 1. The van der Waals surface area contributed by atoms with Gasteiger partial charge in [-0.1, -0.05) is 42.5 Å². The van der Waals surface area contributed by atoms with Crippen molar-refractivity contribution in [1.82, 2.24) is 9.78 Å². The lowest BCUT2D eigenvalue weighted by Crippen LogP contribution is -1.94. The van der Waals surface area contributed by atoms with Crippen LogP contribution in [0.25, 0.3) is 16.9 Å². The molecule has 0 spiro atoms. The summed E-state index contributed by atoms with van der Waals surface area (Å²) in [6.07, 6.45) is 2.62. The van der Waals surface area contributed by atoms with Crippen LogP contribution in [0.4, 0.5) is 0 Å². The first-order valence-corrected chi connectivity index (χ1v) is 6.46. The average Bonchev–Trinajstić information content (AvgIpc) is 2.93. The molecule has 0 amide bonds. The Hall–Kier alpha value is -2.68. The molecule has 0 aliphatic heterocycles. The monoisotopic (exact) mass is 262 g/mol. The predicted molar refractivity (Wildman–Crippen MR) is 79.1 cm³/mol. The summed E-state index contributed by atoms with van der Waals surface area (Å²) in [5, 5.41) is 4.57. The summed E-state index contributed by atoms with van der Waals surface area (Å²) in [6.45, 7) is 2.02. The van der Waals surface area contributed by atoms with Crippen LogP contribution in [-0.4, -0.2) is 16.1 Å². The number of aryl methyl sites for hydroxylation is 1. The normalized spacial score (nSPS) is 10.4. The second-order valence-electron chi connectivity index (χ2n) is 4.65. The molecule has 0 fully saturated rings. The Balaban J connectivity index is 2.16. The number of carbonyl (C=O) groups is 1. The second-order valence-corrected chi connectivity index (χ2v) is 4.65. The highest BCUT2D eigenvalue weighted by atomic mass is 16.1. The third-order valence-corrected chi connectivity index (χ3v) is 3.29. The van der Waals surface area contributed by atoms with E-state index in [0.29, 0.717) is 5.56 Å². The van der Waals surface area contributed by atoms with Gasteiger partial charge in [-0.15, -0.1) is 0 Å². The van der Waals surface area contributed by atoms with Gasteiger partial charge in [0.25, 0.3) is 0 Å². The van der Waals surface area contributed by atoms with Crippen LogP contribution in [0, 0.1) is 6.92 Å². The van der Waals surface area contributed by atoms with Crippen molar-refractivity contribution < 1.29 is 4.79 Å². The third-order valence-electron chi connectivity index (χ3n) is 3.29. The molecule has 0 saturated carbocycles. The SMILES string of the molecule is Cc1ccccc1-c1nn(-c2ccccc2)cc1C=O. The molecule has 2 aromatic carbocycles. The van der Waals surface area contributed by atoms with E-state index in [0.717, 1.165) is 28.8 Å². The van der Waals surface area contributed by atoms with Crippen LogP contribution in [0.3, 0.4) is 0 Å². The van der Waals surface area contributed by atoms with Gasteiger partial charge in [0.05, 0.1) is 11.3 Å². The summed E-state index contributed by atoms with van der Waals surface area (Å²) < 4.78 is 1.74. The van der Waals surface area contributed by atoms with Crippen LogP contribution >= 0.6 is 0 Å². The van der Waals surface area contributed by atoms with Gasteiger partial charge in [-0.3, -0.25) is 4.79 Å². The molecular formula is C17H14N2O. The minimum absolute atomic E-state index is 0.600. The van der Waals surface area contributed by atoms with Crippen molar-refractivity contribution >= 4 is 6.29 Å². The van der Waals surface area contributed by atoms with E-state index in [9.17, 15) is 4.79 Å². The lowest BCUT2D eigenvalue weighted by Gasteiger charge is -2.03. The van der Waals surface area contributed by atoms with Crippen molar-refractivity contribution in [2.45, 2.75) is 6.92 Å². The van der Waals surface area contributed by atoms with Gasteiger partial charge in [-0.05, 0) is 24.6 Å². The van der Waals surface area contributed by atoms with Gasteiger partial charge < -0.3 is 0 Å². The number of hydrogen-bond acceptors (Lipinski definition) is 2. The fourth-order valence-corrected chi connectivity index (χ4v) is 2.23. The Morgan fingerprint density at radius 1 is 1.00 bits per heavy atom. The molecule has 3 rings (SSSR count). The van der Waals surface area contributed by atoms with E-state index in [1.165, 1.54) is 0 Å². The fraction of sp³-hybridized carbons (Fsp3) is 0.0588. The zero-order valence-corrected chi connectivity index (χ0v) is 11.2. The summed E-state index contributed by atoms with van der Waals surface area (Å²) in [4.78, 5) is 11.3. The van der Waals surface area contributed by atoms with Crippen molar-refractivity contribution in [1.29, 1.82) is 0 Å². The van der Waals surface area contributed by atoms with E-state index >= 15 is 0 Å². The smallest absolute Gasteiger partial charge is 0.153 e. The summed E-state index contributed by atoms with van der Waals surface area (Å²) in [6, 6.07) is 17.7. The molecule has 0 aliphatic carbocycles. The number of rotatable bonds is 3. The lowest BCUT2D eigenvalue weighted by molar-refractivity contribution is 0.112. The highest BCUT2D eigenvalue weighted by molar-refractivity contribution is 5.86. The molecule has 1 heterocycles. The largest absolute Gasteiger partial charge is 0.298 e. The third kappa shape index (κ3) is 2.14. The minimum Gasteiger partial charge on any atom is -0.298 e. The van der Waals surface area contributed by atoms with Crippen molar-refractivity contribution in [3.63, 3.8) is 0 Å². The van der Waals surface area contributed by atoms with Crippen molar-refractivity contribution in [3.05, 3.63) is 71.9 Å². The van der Waals surface area contributed by atoms with Gasteiger partial charge in [0.15, 0.2) is 6.29 Å². The topological polar surface area (TPSA) is 34.9 Å². The van der Waals surface area contributed by atoms with Crippen molar-refractivity contribution in [2.75, 3.05) is 0 Å². The first kappa shape index (κ1) is 12.4. The summed E-state index contributed by atoms with van der Waals surface area (Å²) in [7, 11) is 0. The van der Waals surface area contributed by atoms with Crippen LogP contribution in [0.15, 0.2) is 60.8 Å². The van der Waals surface area contributed by atoms with E-state index in [-0.39, 0.29) is 0 Å². The van der Waals surface area contributed by atoms with Gasteiger partial charge in [-0.25, -0.2) is 4.68 Å².